The first-order valence-electron chi connectivity index (χ1n) is 1.39. The summed E-state index contributed by atoms with van der Waals surface area (Å²) in [5.41, 5.74) is 0. The SMILES string of the molecule is CC#N.O=S(=O)(O)F. The van der Waals surface area contributed by atoms with Gasteiger partial charge in [0.15, 0.2) is 0 Å². The van der Waals surface area contributed by atoms with E-state index in [2.05, 4.69) is 0 Å². The molecule has 0 atom stereocenters. The molecule has 0 amide bonds. The van der Waals surface area contributed by atoms with Gasteiger partial charge in [-0.15, -0.1) is 0 Å². The molecule has 0 aliphatic carbocycles. The number of nitriles is 1. The van der Waals surface area contributed by atoms with Crippen LogP contribution in [0.2, 0.25) is 0 Å². The molecule has 0 heterocycles. The molecule has 0 spiro atoms. The van der Waals surface area contributed by atoms with Crippen molar-refractivity contribution >= 4 is 10.5 Å². The van der Waals surface area contributed by atoms with Gasteiger partial charge in [0.2, 0.25) is 0 Å². The van der Waals surface area contributed by atoms with E-state index in [1.54, 1.807) is 6.07 Å². The summed E-state index contributed by atoms with van der Waals surface area (Å²) in [5, 5.41) is 7.32. The fourth-order valence-electron chi connectivity index (χ4n) is 0. The van der Waals surface area contributed by atoms with Crippen molar-refractivity contribution in [2.75, 3.05) is 0 Å². The van der Waals surface area contributed by atoms with Gasteiger partial charge in [-0.05, 0) is 0 Å². The van der Waals surface area contributed by atoms with Crippen LogP contribution in [0.25, 0.3) is 0 Å². The minimum absolute atomic E-state index is 1.43. The average molecular weight is 141 g/mol. The molecule has 0 aromatic rings. The van der Waals surface area contributed by atoms with Crippen LogP contribution < -0.4 is 0 Å². The molecule has 0 unspecified atom stereocenters. The van der Waals surface area contributed by atoms with Gasteiger partial charge in [-0.2, -0.15) is 13.7 Å². The Labute approximate surface area is 46.6 Å². The molecule has 0 saturated carbocycles. The normalized spacial score (nSPS) is 8.25. The van der Waals surface area contributed by atoms with Gasteiger partial charge >= 0.3 is 10.5 Å². The van der Waals surface area contributed by atoms with Crippen molar-refractivity contribution < 1.29 is 16.9 Å². The van der Waals surface area contributed by atoms with Gasteiger partial charge < -0.3 is 0 Å². The molecule has 8 heavy (non-hydrogen) atoms. The van der Waals surface area contributed by atoms with Gasteiger partial charge in [-0.3, -0.25) is 4.55 Å². The third-order valence-electron chi connectivity index (χ3n) is 0. The van der Waals surface area contributed by atoms with E-state index in [-0.39, 0.29) is 0 Å². The van der Waals surface area contributed by atoms with Gasteiger partial charge in [-0.1, -0.05) is 3.89 Å². The second-order valence-electron chi connectivity index (χ2n) is 0.636. The van der Waals surface area contributed by atoms with Crippen LogP contribution in [0.1, 0.15) is 6.92 Å². The molecule has 6 heteroatoms. The van der Waals surface area contributed by atoms with E-state index in [1.807, 2.05) is 0 Å². The van der Waals surface area contributed by atoms with Gasteiger partial charge in [0.25, 0.3) is 0 Å². The molecular weight excluding hydrogens is 137 g/mol. The zero-order valence-corrected chi connectivity index (χ0v) is 4.81. The molecule has 0 rings (SSSR count). The summed E-state index contributed by atoms with van der Waals surface area (Å²) in [6.07, 6.45) is 0. The van der Waals surface area contributed by atoms with Crippen LogP contribution in [0.5, 0.6) is 0 Å². The van der Waals surface area contributed by atoms with Crippen molar-refractivity contribution in [3.8, 4) is 6.07 Å². The highest BCUT2D eigenvalue weighted by atomic mass is 32.3. The Bertz CT molecular complexity index is 158. The Morgan fingerprint density at radius 1 is 1.75 bits per heavy atom. The van der Waals surface area contributed by atoms with E-state index < -0.39 is 10.5 Å². The van der Waals surface area contributed by atoms with Crippen molar-refractivity contribution in [1.82, 2.24) is 0 Å². The minimum atomic E-state index is -5.17. The Morgan fingerprint density at radius 2 is 1.75 bits per heavy atom. The maximum Gasteiger partial charge on any atom is 0.435 e. The van der Waals surface area contributed by atoms with Gasteiger partial charge in [-0.25, -0.2) is 0 Å². The second kappa shape index (κ2) is 4.49. The van der Waals surface area contributed by atoms with Crippen LogP contribution in [-0.2, 0) is 10.5 Å². The lowest BCUT2D eigenvalue weighted by Gasteiger charge is -1.63. The standard InChI is InChI=1S/C2H3N.FHO3S/c1-2-3;1-5(2,3)4/h1H3;(H,2,3,4). The predicted molar refractivity (Wildman–Crippen MR) is 23.9 cm³/mol. The smallest absolute Gasteiger partial charge is 0.260 e. The van der Waals surface area contributed by atoms with E-state index in [0.717, 1.165) is 0 Å². The Morgan fingerprint density at radius 3 is 1.75 bits per heavy atom. The topological polar surface area (TPSA) is 78.2 Å². The molecule has 0 bridgehead atoms. The fraction of sp³-hybridized carbons (Fsp3) is 0.500. The summed E-state index contributed by atoms with van der Waals surface area (Å²) < 4.78 is 34.1. The van der Waals surface area contributed by atoms with E-state index in [9.17, 15) is 3.89 Å². The van der Waals surface area contributed by atoms with E-state index in [1.165, 1.54) is 6.92 Å². The second-order valence-corrected chi connectivity index (χ2v) is 1.46. The lowest BCUT2D eigenvalue weighted by atomic mass is 11.0. The first kappa shape index (κ1) is 10.3. The highest BCUT2D eigenvalue weighted by Gasteiger charge is 1.89. The first-order chi connectivity index (χ1) is 3.41. The molecule has 0 saturated heterocycles. The van der Waals surface area contributed by atoms with Crippen LogP contribution in [-0.4, -0.2) is 13.0 Å². The fourth-order valence-corrected chi connectivity index (χ4v) is 0. The van der Waals surface area contributed by atoms with Crippen LogP contribution in [0, 0.1) is 11.3 Å². The van der Waals surface area contributed by atoms with E-state index in [0.29, 0.717) is 0 Å². The zero-order valence-electron chi connectivity index (χ0n) is 4.00. The largest absolute Gasteiger partial charge is 0.435 e. The number of halogens is 1. The van der Waals surface area contributed by atoms with Crippen LogP contribution >= 0.6 is 0 Å². The lowest BCUT2D eigenvalue weighted by molar-refractivity contribution is 0.435. The van der Waals surface area contributed by atoms with Gasteiger partial charge in [0.05, 0.1) is 6.07 Å². The molecule has 48 valence electrons. The van der Waals surface area contributed by atoms with Crippen molar-refractivity contribution in [2.45, 2.75) is 6.92 Å². The molecule has 0 aliphatic rings. The number of rotatable bonds is 0. The average Bonchev–Trinajstić information content (AvgIpc) is 1.27. The Balaban J connectivity index is 0. The van der Waals surface area contributed by atoms with Crippen molar-refractivity contribution in [3.63, 3.8) is 0 Å². The van der Waals surface area contributed by atoms with Crippen molar-refractivity contribution in [2.24, 2.45) is 0 Å². The molecule has 4 nitrogen and oxygen atoms in total. The Kier molecular flexibility index (Phi) is 5.80. The van der Waals surface area contributed by atoms with Crippen molar-refractivity contribution in [1.29, 1.82) is 5.26 Å². The molecule has 0 aromatic carbocycles. The third kappa shape index (κ3) is 223. The Hall–Kier alpha value is -0.670. The molecule has 0 radical (unpaired) electrons. The predicted octanol–water partition coefficient (Wildman–Crippen LogP) is 0.289. The molecule has 0 aromatic heterocycles. The molecular formula is C2H4FNO3S. The van der Waals surface area contributed by atoms with Crippen LogP contribution in [0.15, 0.2) is 0 Å². The molecule has 0 aliphatic heterocycles. The number of hydrogen-bond acceptors (Lipinski definition) is 3. The quantitative estimate of drug-likeness (QED) is 0.388. The summed E-state index contributed by atoms with van der Waals surface area (Å²) >= 11 is 0. The minimum Gasteiger partial charge on any atom is -0.260 e. The maximum atomic E-state index is 10.2. The summed E-state index contributed by atoms with van der Waals surface area (Å²) in [6.45, 7) is 1.43. The maximum absolute atomic E-state index is 10.2. The summed E-state index contributed by atoms with van der Waals surface area (Å²) in [4.78, 5) is 0. The zero-order chi connectivity index (χ0) is 7.21. The van der Waals surface area contributed by atoms with E-state index in [4.69, 9.17) is 18.2 Å². The van der Waals surface area contributed by atoms with Gasteiger partial charge in [0, 0.05) is 6.92 Å². The number of nitrogens with zero attached hydrogens (tertiary/aromatic N) is 1. The van der Waals surface area contributed by atoms with Crippen LogP contribution in [0.4, 0.5) is 3.89 Å². The van der Waals surface area contributed by atoms with E-state index >= 15 is 0 Å². The van der Waals surface area contributed by atoms with Crippen molar-refractivity contribution in [3.05, 3.63) is 0 Å². The lowest BCUT2D eigenvalue weighted by Crippen LogP contribution is -1.80. The monoisotopic (exact) mass is 141 g/mol. The number of hydrogen-bond donors (Lipinski definition) is 1. The summed E-state index contributed by atoms with van der Waals surface area (Å²) in [7, 11) is -5.17. The van der Waals surface area contributed by atoms with Crippen LogP contribution in [0.3, 0.4) is 0 Å². The third-order valence-corrected chi connectivity index (χ3v) is 0. The summed E-state index contributed by atoms with van der Waals surface area (Å²) in [5.74, 6) is 0. The van der Waals surface area contributed by atoms with Gasteiger partial charge in [0.1, 0.15) is 0 Å². The molecule has 0 fully saturated rings. The first-order valence-corrected chi connectivity index (χ1v) is 2.73. The highest BCUT2D eigenvalue weighted by molar-refractivity contribution is 7.80. The summed E-state index contributed by atoms with van der Waals surface area (Å²) in [6, 6.07) is 1.75. The highest BCUT2D eigenvalue weighted by Crippen LogP contribution is 1.74. The molecule has 1 N–H and O–H groups in total.